The lowest BCUT2D eigenvalue weighted by Crippen LogP contribution is -2.61. The average Bonchev–Trinajstić information content (AvgIpc) is 3.36. The van der Waals surface area contributed by atoms with Crippen LogP contribution in [0, 0.1) is 6.92 Å². The topological polar surface area (TPSA) is 55.3 Å². The van der Waals surface area contributed by atoms with Crippen LogP contribution in [-0.4, -0.2) is 33.9 Å². The van der Waals surface area contributed by atoms with Gasteiger partial charge >= 0.3 is 0 Å². The van der Waals surface area contributed by atoms with Crippen LogP contribution in [0.25, 0.3) is 0 Å². The molecule has 25 heavy (non-hydrogen) atoms. The first-order valence-corrected chi connectivity index (χ1v) is 8.96. The van der Waals surface area contributed by atoms with Crippen molar-refractivity contribution >= 4 is 5.91 Å². The fourth-order valence-electron chi connectivity index (χ4n) is 3.75. The number of amides is 1. The number of hydrogen-bond donors (Lipinski definition) is 0. The average molecular weight is 335 g/mol. The Morgan fingerprint density at radius 3 is 2.76 bits per heavy atom. The van der Waals surface area contributed by atoms with Crippen LogP contribution >= 0.6 is 0 Å². The number of aryl methyl sites for hydroxylation is 1. The van der Waals surface area contributed by atoms with Crippen molar-refractivity contribution < 1.29 is 9.53 Å². The number of ether oxygens (including phenoxy) is 1. The molecule has 2 aliphatic heterocycles. The maximum atomic E-state index is 12.5. The monoisotopic (exact) mass is 335 g/mol. The number of fused-ring (bicyclic) bond motifs is 2. The molecule has 1 saturated heterocycles. The minimum absolute atomic E-state index is 0.155. The van der Waals surface area contributed by atoms with E-state index in [0.29, 0.717) is 32.0 Å². The third-order valence-electron chi connectivity index (χ3n) is 5.53. The van der Waals surface area contributed by atoms with E-state index < -0.39 is 0 Å². The Labute approximate surface area is 147 Å². The van der Waals surface area contributed by atoms with Crippen LogP contribution in [0.1, 0.15) is 47.0 Å². The first-order chi connectivity index (χ1) is 12.1. The maximum absolute atomic E-state index is 12.5. The number of likely N-dealkylation sites (tertiary alicyclic amines) is 1. The zero-order chi connectivity index (χ0) is 17.0. The number of nitrogens with zero attached hydrogens (tertiary/aromatic N) is 3. The van der Waals surface area contributed by atoms with Gasteiger partial charge in [0.05, 0.1) is 31.8 Å². The van der Waals surface area contributed by atoms with Crippen molar-refractivity contribution in [2.24, 2.45) is 0 Å². The summed E-state index contributed by atoms with van der Waals surface area (Å²) in [5, 5.41) is 0. The Balaban J connectivity index is 1.27. The van der Waals surface area contributed by atoms with Crippen LogP contribution in [0.15, 0.2) is 30.5 Å². The predicted octanol–water partition coefficient (Wildman–Crippen LogP) is 2.47. The van der Waals surface area contributed by atoms with Gasteiger partial charge in [-0.25, -0.2) is 9.97 Å². The molecule has 0 unspecified atom stereocenters. The Morgan fingerprint density at radius 1 is 1.28 bits per heavy atom. The van der Waals surface area contributed by atoms with Crippen LogP contribution in [0.3, 0.4) is 0 Å². The molecule has 0 radical (unpaired) electrons. The van der Waals surface area contributed by atoms with Gasteiger partial charge in [0, 0.05) is 17.7 Å². The Kier molecular flexibility index (Phi) is 3.22. The largest absolute Gasteiger partial charge is 0.360 e. The summed E-state index contributed by atoms with van der Waals surface area (Å²) >= 11 is 0. The first-order valence-electron chi connectivity index (χ1n) is 8.96. The molecule has 0 bridgehead atoms. The summed E-state index contributed by atoms with van der Waals surface area (Å²) in [4.78, 5) is 23.6. The van der Waals surface area contributed by atoms with Crippen molar-refractivity contribution in [2.75, 3.05) is 13.1 Å². The number of hydrogen-bond acceptors (Lipinski definition) is 4. The molecule has 1 aromatic carbocycles. The van der Waals surface area contributed by atoms with Crippen molar-refractivity contribution in [3.05, 3.63) is 58.7 Å². The SMILES string of the molecule is Cc1ccc(CC(=O)N2CC3(C2)OCc2nc(C4CC4)ncc23)cc1. The summed E-state index contributed by atoms with van der Waals surface area (Å²) in [7, 11) is 0. The second kappa shape index (κ2) is 5.36. The van der Waals surface area contributed by atoms with Crippen LogP contribution in [0.2, 0.25) is 0 Å². The van der Waals surface area contributed by atoms with E-state index >= 15 is 0 Å². The molecule has 3 heterocycles. The van der Waals surface area contributed by atoms with E-state index in [1.54, 1.807) is 0 Å². The highest BCUT2D eigenvalue weighted by Gasteiger charge is 2.52. The van der Waals surface area contributed by atoms with Gasteiger partial charge in [0.2, 0.25) is 5.91 Å². The van der Waals surface area contributed by atoms with Gasteiger partial charge in [0.1, 0.15) is 11.4 Å². The molecular weight excluding hydrogens is 314 g/mol. The van der Waals surface area contributed by atoms with Crippen LogP contribution in [0.5, 0.6) is 0 Å². The molecule has 1 aliphatic carbocycles. The predicted molar refractivity (Wildman–Crippen MR) is 91.9 cm³/mol. The Morgan fingerprint density at radius 2 is 2.04 bits per heavy atom. The molecule has 3 aliphatic rings. The standard InChI is InChI=1S/C20H21N3O2/c1-13-2-4-14(5-3-13)8-18(24)23-11-20(12-23)16-9-21-19(15-6-7-15)22-17(16)10-25-20/h2-5,9,15H,6-8,10-12H2,1H3. The summed E-state index contributed by atoms with van der Waals surface area (Å²) in [6.07, 6.45) is 4.78. The molecule has 2 aromatic rings. The summed E-state index contributed by atoms with van der Waals surface area (Å²) in [6, 6.07) is 8.14. The van der Waals surface area contributed by atoms with E-state index in [4.69, 9.17) is 9.72 Å². The number of rotatable bonds is 3. The van der Waals surface area contributed by atoms with E-state index in [-0.39, 0.29) is 11.5 Å². The van der Waals surface area contributed by atoms with Gasteiger partial charge in [-0.05, 0) is 25.3 Å². The van der Waals surface area contributed by atoms with E-state index in [1.165, 1.54) is 18.4 Å². The zero-order valence-electron chi connectivity index (χ0n) is 14.4. The normalized spacial score (nSPS) is 20.4. The van der Waals surface area contributed by atoms with Crippen molar-refractivity contribution in [2.45, 2.75) is 44.3 Å². The summed E-state index contributed by atoms with van der Waals surface area (Å²) in [6.45, 7) is 3.81. The first kappa shape index (κ1) is 15.0. The summed E-state index contributed by atoms with van der Waals surface area (Å²) < 4.78 is 6.05. The van der Waals surface area contributed by atoms with Crippen molar-refractivity contribution in [3.8, 4) is 0 Å². The molecule has 5 nitrogen and oxygen atoms in total. The van der Waals surface area contributed by atoms with E-state index in [2.05, 4.69) is 11.9 Å². The third kappa shape index (κ3) is 2.54. The molecule has 1 spiro atoms. The molecule has 5 rings (SSSR count). The van der Waals surface area contributed by atoms with Crippen molar-refractivity contribution in [3.63, 3.8) is 0 Å². The van der Waals surface area contributed by atoms with E-state index in [9.17, 15) is 4.79 Å². The Bertz CT molecular complexity index is 837. The minimum atomic E-state index is -0.375. The molecule has 1 amide bonds. The second-order valence-corrected chi connectivity index (χ2v) is 7.56. The van der Waals surface area contributed by atoms with Crippen LogP contribution < -0.4 is 0 Å². The van der Waals surface area contributed by atoms with Gasteiger partial charge in [-0.2, -0.15) is 0 Å². The van der Waals surface area contributed by atoms with Crippen molar-refractivity contribution in [1.29, 1.82) is 0 Å². The van der Waals surface area contributed by atoms with Crippen molar-refractivity contribution in [1.82, 2.24) is 14.9 Å². The number of carbonyl (C=O) groups excluding carboxylic acids is 1. The molecule has 0 N–H and O–H groups in total. The zero-order valence-corrected chi connectivity index (χ0v) is 14.4. The highest BCUT2D eigenvalue weighted by molar-refractivity contribution is 5.80. The summed E-state index contributed by atoms with van der Waals surface area (Å²) in [5.41, 5.74) is 3.99. The third-order valence-corrected chi connectivity index (χ3v) is 5.53. The smallest absolute Gasteiger partial charge is 0.227 e. The maximum Gasteiger partial charge on any atom is 0.227 e. The van der Waals surface area contributed by atoms with Gasteiger partial charge in [0.15, 0.2) is 0 Å². The number of benzene rings is 1. The van der Waals surface area contributed by atoms with Gasteiger partial charge < -0.3 is 9.64 Å². The van der Waals surface area contributed by atoms with Gasteiger partial charge in [-0.3, -0.25) is 4.79 Å². The molecule has 128 valence electrons. The van der Waals surface area contributed by atoms with Gasteiger partial charge in [-0.15, -0.1) is 0 Å². The molecule has 0 atom stereocenters. The number of carbonyl (C=O) groups is 1. The Hall–Kier alpha value is -2.27. The second-order valence-electron chi connectivity index (χ2n) is 7.56. The fourth-order valence-corrected chi connectivity index (χ4v) is 3.75. The minimum Gasteiger partial charge on any atom is -0.360 e. The quantitative estimate of drug-likeness (QED) is 0.865. The molecular formula is C20H21N3O2. The van der Waals surface area contributed by atoms with Crippen LogP contribution in [0.4, 0.5) is 0 Å². The molecule has 1 aromatic heterocycles. The molecule has 5 heteroatoms. The van der Waals surface area contributed by atoms with E-state index in [0.717, 1.165) is 22.6 Å². The van der Waals surface area contributed by atoms with Gasteiger partial charge in [-0.1, -0.05) is 29.8 Å². The number of aromatic nitrogens is 2. The summed E-state index contributed by atoms with van der Waals surface area (Å²) in [5.74, 6) is 1.67. The molecule has 1 saturated carbocycles. The van der Waals surface area contributed by atoms with Crippen LogP contribution in [-0.2, 0) is 28.2 Å². The van der Waals surface area contributed by atoms with Gasteiger partial charge in [0.25, 0.3) is 0 Å². The lowest BCUT2D eigenvalue weighted by molar-refractivity contribution is -0.168. The lowest BCUT2D eigenvalue weighted by atomic mass is 9.87. The fraction of sp³-hybridized carbons (Fsp3) is 0.450. The highest BCUT2D eigenvalue weighted by atomic mass is 16.5. The highest BCUT2D eigenvalue weighted by Crippen LogP contribution is 2.44. The lowest BCUT2D eigenvalue weighted by Gasteiger charge is -2.47. The molecule has 2 fully saturated rings. The van der Waals surface area contributed by atoms with E-state index in [1.807, 2.05) is 35.4 Å².